The van der Waals surface area contributed by atoms with Crippen LogP contribution in [-0.4, -0.2) is 33.0 Å². The first-order chi connectivity index (χ1) is 10.3. The molecule has 0 unspecified atom stereocenters. The van der Waals surface area contributed by atoms with E-state index in [0.717, 1.165) is 45.4 Å². The van der Waals surface area contributed by atoms with Crippen LogP contribution in [0.4, 0.5) is 5.82 Å². The van der Waals surface area contributed by atoms with Crippen LogP contribution in [0.15, 0.2) is 35.6 Å². The van der Waals surface area contributed by atoms with Gasteiger partial charge in [0.2, 0.25) is 0 Å². The summed E-state index contributed by atoms with van der Waals surface area (Å²) in [6, 6.07) is 7.86. The number of aromatic nitrogens is 4. The lowest BCUT2D eigenvalue weighted by atomic mass is 10.1. The number of aromatic amines is 1. The third kappa shape index (κ3) is 2.96. The highest BCUT2D eigenvalue weighted by Gasteiger charge is 2.11. The molecule has 5 nitrogen and oxygen atoms in total. The number of nitrogens with zero attached hydrogens (tertiary/aromatic N) is 3. The number of anilines is 1. The molecular weight excluding hydrogens is 306 g/mol. The van der Waals surface area contributed by atoms with Crippen LogP contribution in [0, 0.1) is 0 Å². The largest absolute Gasteiger partial charge is 0.369 e. The molecule has 2 N–H and O–H groups in total. The fraction of sp³-hybridized carbons (Fsp3) is 0.214. The fourth-order valence-corrected chi connectivity index (χ4v) is 2.90. The number of rotatable bonds is 5. The Labute approximate surface area is 131 Å². The van der Waals surface area contributed by atoms with Crippen LogP contribution < -0.4 is 5.32 Å². The molecule has 0 fully saturated rings. The topological polar surface area (TPSA) is 66.5 Å². The third-order valence-corrected chi connectivity index (χ3v) is 4.21. The fourth-order valence-electron chi connectivity index (χ4n) is 2.13. The van der Waals surface area contributed by atoms with E-state index in [1.165, 1.54) is 6.33 Å². The van der Waals surface area contributed by atoms with E-state index in [-0.39, 0.29) is 0 Å². The molecule has 2 aromatic heterocycles. The molecule has 21 heavy (non-hydrogen) atoms. The summed E-state index contributed by atoms with van der Waals surface area (Å²) in [5.74, 6) is 0.796. The van der Waals surface area contributed by atoms with Gasteiger partial charge in [-0.25, -0.2) is 9.97 Å². The molecule has 0 amide bonds. The second-order valence-corrected chi connectivity index (χ2v) is 5.65. The van der Waals surface area contributed by atoms with E-state index >= 15 is 0 Å². The Hall–Kier alpha value is -1.79. The lowest BCUT2D eigenvalue weighted by molar-refractivity contribution is 1.01. The summed E-state index contributed by atoms with van der Waals surface area (Å²) in [5.41, 5.74) is 1.86. The normalized spacial score (nSPS) is 11.0. The van der Waals surface area contributed by atoms with Crippen LogP contribution in [0.25, 0.3) is 11.0 Å². The molecule has 3 aromatic rings. The van der Waals surface area contributed by atoms with Crippen LogP contribution in [0.1, 0.15) is 5.56 Å². The van der Waals surface area contributed by atoms with Crippen LogP contribution in [0.3, 0.4) is 0 Å². The first kappa shape index (κ1) is 14.2. The van der Waals surface area contributed by atoms with Gasteiger partial charge in [0.15, 0.2) is 5.65 Å². The minimum Gasteiger partial charge on any atom is -0.369 e. The zero-order chi connectivity index (χ0) is 14.7. The highest BCUT2D eigenvalue weighted by Crippen LogP contribution is 2.27. The van der Waals surface area contributed by atoms with Gasteiger partial charge in [-0.3, -0.25) is 5.10 Å². The Morgan fingerprint density at radius 3 is 2.95 bits per heavy atom. The molecule has 0 aliphatic heterocycles. The van der Waals surface area contributed by atoms with Crippen molar-refractivity contribution in [2.24, 2.45) is 0 Å². The summed E-state index contributed by atoms with van der Waals surface area (Å²) in [6.45, 7) is 0.745. The zero-order valence-corrected chi connectivity index (χ0v) is 13.0. The molecule has 0 saturated heterocycles. The average molecular weight is 320 g/mol. The Morgan fingerprint density at radius 1 is 1.29 bits per heavy atom. The van der Waals surface area contributed by atoms with Gasteiger partial charge in [-0.2, -0.15) is 5.10 Å². The Balaban J connectivity index is 1.76. The lowest BCUT2D eigenvalue weighted by Gasteiger charge is -2.08. The van der Waals surface area contributed by atoms with Gasteiger partial charge < -0.3 is 5.32 Å². The van der Waals surface area contributed by atoms with Crippen LogP contribution in [0.2, 0.25) is 5.02 Å². The highest BCUT2D eigenvalue weighted by atomic mass is 35.5. The number of thioether (sulfide) groups is 1. The van der Waals surface area contributed by atoms with Gasteiger partial charge in [-0.15, -0.1) is 11.8 Å². The Kier molecular flexibility index (Phi) is 4.26. The molecule has 0 aliphatic carbocycles. The maximum Gasteiger partial charge on any atom is 0.161 e. The first-order valence-corrected chi connectivity index (χ1v) is 8.10. The molecule has 1 aromatic carbocycles. The van der Waals surface area contributed by atoms with Gasteiger partial charge >= 0.3 is 0 Å². The van der Waals surface area contributed by atoms with Crippen molar-refractivity contribution in [2.75, 3.05) is 18.1 Å². The molecule has 0 radical (unpaired) electrons. The summed E-state index contributed by atoms with van der Waals surface area (Å²) in [6.07, 6.45) is 4.34. The van der Waals surface area contributed by atoms with Gasteiger partial charge in [-0.05, 0) is 24.3 Å². The van der Waals surface area contributed by atoms with Gasteiger partial charge in [0.25, 0.3) is 0 Å². The average Bonchev–Trinajstić information content (AvgIpc) is 2.93. The van der Waals surface area contributed by atoms with Crippen molar-refractivity contribution in [3.8, 4) is 0 Å². The third-order valence-electron chi connectivity index (χ3n) is 3.16. The lowest BCUT2D eigenvalue weighted by Crippen LogP contribution is -2.07. The zero-order valence-electron chi connectivity index (χ0n) is 11.4. The molecular formula is C14H14ClN5S. The predicted octanol–water partition coefficient (Wildman–Crippen LogP) is 3.38. The van der Waals surface area contributed by atoms with Gasteiger partial charge in [-0.1, -0.05) is 29.8 Å². The van der Waals surface area contributed by atoms with E-state index in [0.29, 0.717) is 0 Å². The SMILES string of the molecule is CSc1n[nH]c2ncnc(NCCc3ccccc3Cl)c12. The van der Waals surface area contributed by atoms with E-state index in [2.05, 4.69) is 25.5 Å². The Morgan fingerprint density at radius 2 is 2.14 bits per heavy atom. The van der Waals surface area contributed by atoms with E-state index in [1.54, 1.807) is 11.8 Å². The smallest absolute Gasteiger partial charge is 0.161 e. The number of hydrogen-bond donors (Lipinski definition) is 2. The first-order valence-electron chi connectivity index (χ1n) is 6.50. The quantitative estimate of drug-likeness (QED) is 0.706. The van der Waals surface area contributed by atoms with E-state index < -0.39 is 0 Å². The van der Waals surface area contributed by atoms with E-state index in [1.807, 2.05) is 30.5 Å². The number of hydrogen-bond acceptors (Lipinski definition) is 5. The monoisotopic (exact) mass is 319 g/mol. The molecule has 2 heterocycles. The molecule has 0 spiro atoms. The standard InChI is InChI=1S/C14H14ClN5S/c1-21-14-11-12(17-8-18-13(11)19-20-14)16-7-6-9-4-2-3-5-10(9)15/h2-5,8H,6-7H2,1H3,(H2,16,17,18,19,20). The maximum absolute atomic E-state index is 6.16. The summed E-state index contributed by atoms with van der Waals surface area (Å²) < 4.78 is 0. The van der Waals surface area contributed by atoms with E-state index in [9.17, 15) is 0 Å². The molecule has 7 heteroatoms. The van der Waals surface area contributed by atoms with Crippen LogP contribution in [-0.2, 0) is 6.42 Å². The summed E-state index contributed by atoms with van der Waals surface area (Å²) in [5, 5.41) is 13.1. The van der Waals surface area contributed by atoms with Crippen molar-refractivity contribution >= 4 is 40.2 Å². The summed E-state index contributed by atoms with van der Waals surface area (Å²) in [4.78, 5) is 8.50. The number of benzene rings is 1. The van der Waals surface area contributed by atoms with Crippen molar-refractivity contribution in [3.05, 3.63) is 41.2 Å². The van der Waals surface area contributed by atoms with Crippen LogP contribution in [0.5, 0.6) is 0 Å². The highest BCUT2D eigenvalue weighted by molar-refractivity contribution is 7.98. The Bertz CT molecular complexity index is 758. The van der Waals surface area contributed by atoms with Crippen molar-refractivity contribution in [1.82, 2.24) is 20.2 Å². The van der Waals surface area contributed by atoms with Gasteiger partial charge in [0.05, 0.1) is 5.39 Å². The molecule has 3 rings (SSSR count). The molecule has 0 aliphatic rings. The second-order valence-electron chi connectivity index (χ2n) is 4.45. The van der Waals surface area contributed by atoms with Gasteiger partial charge in [0, 0.05) is 11.6 Å². The van der Waals surface area contributed by atoms with Crippen molar-refractivity contribution in [1.29, 1.82) is 0 Å². The summed E-state index contributed by atoms with van der Waals surface area (Å²) in [7, 11) is 0. The number of H-pyrrole nitrogens is 1. The molecule has 0 bridgehead atoms. The number of halogens is 1. The number of fused-ring (bicyclic) bond motifs is 1. The van der Waals surface area contributed by atoms with Crippen molar-refractivity contribution in [2.45, 2.75) is 11.4 Å². The summed E-state index contributed by atoms with van der Waals surface area (Å²) >= 11 is 7.73. The molecule has 108 valence electrons. The molecule has 0 atom stereocenters. The minimum atomic E-state index is 0.745. The van der Waals surface area contributed by atoms with Crippen LogP contribution >= 0.6 is 23.4 Å². The molecule has 0 saturated carbocycles. The number of nitrogens with one attached hydrogen (secondary N) is 2. The maximum atomic E-state index is 6.16. The van der Waals surface area contributed by atoms with E-state index in [4.69, 9.17) is 11.6 Å². The minimum absolute atomic E-state index is 0.745. The predicted molar refractivity (Wildman–Crippen MR) is 87.1 cm³/mol. The second kappa shape index (κ2) is 6.32. The van der Waals surface area contributed by atoms with Gasteiger partial charge in [0.1, 0.15) is 17.2 Å². The van der Waals surface area contributed by atoms with Crippen molar-refractivity contribution < 1.29 is 0 Å². The van der Waals surface area contributed by atoms with Crippen molar-refractivity contribution in [3.63, 3.8) is 0 Å².